The molecule has 3 atom stereocenters. The first-order valence-electron chi connectivity index (χ1n) is 5.24. The Morgan fingerprint density at radius 1 is 1.31 bits per heavy atom. The molecule has 2 aliphatic rings. The predicted molar refractivity (Wildman–Crippen MR) is 48.5 cm³/mol. The number of epoxide rings is 1. The van der Waals surface area contributed by atoms with Crippen molar-refractivity contribution in [1.29, 1.82) is 0 Å². The van der Waals surface area contributed by atoms with Crippen LogP contribution in [0.3, 0.4) is 0 Å². The topological polar surface area (TPSA) is 42.0 Å². The van der Waals surface area contributed by atoms with Gasteiger partial charge in [-0.25, -0.2) is 0 Å². The van der Waals surface area contributed by atoms with Crippen LogP contribution in [0, 0.1) is 5.92 Å². The second-order valence-corrected chi connectivity index (χ2v) is 4.04. The molecule has 2 rings (SSSR count). The highest BCUT2D eigenvalue weighted by Crippen LogP contribution is 2.39. The SMILES string of the molecule is OCCCOCC1CCC2OC2C1. The highest BCUT2D eigenvalue weighted by Gasteiger charge is 2.43. The molecule has 0 spiro atoms. The number of fused-ring (bicyclic) bond motifs is 1. The second-order valence-electron chi connectivity index (χ2n) is 4.04. The summed E-state index contributed by atoms with van der Waals surface area (Å²) in [6.07, 6.45) is 5.56. The van der Waals surface area contributed by atoms with E-state index in [1.165, 1.54) is 19.3 Å². The van der Waals surface area contributed by atoms with Crippen LogP contribution in [0.2, 0.25) is 0 Å². The summed E-state index contributed by atoms with van der Waals surface area (Å²) in [5.41, 5.74) is 0. The third kappa shape index (κ3) is 2.66. The normalized spacial score (nSPS) is 37.2. The molecule has 13 heavy (non-hydrogen) atoms. The van der Waals surface area contributed by atoms with Crippen molar-refractivity contribution in [2.45, 2.75) is 37.9 Å². The molecule has 1 aliphatic carbocycles. The van der Waals surface area contributed by atoms with Gasteiger partial charge >= 0.3 is 0 Å². The van der Waals surface area contributed by atoms with Gasteiger partial charge in [-0.3, -0.25) is 0 Å². The van der Waals surface area contributed by atoms with Crippen LogP contribution in [0.5, 0.6) is 0 Å². The maximum atomic E-state index is 8.55. The van der Waals surface area contributed by atoms with Crippen LogP contribution >= 0.6 is 0 Å². The maximum absolute atomic E-state index is 8.55. The Morgan fingerprint density at radius 3 is 3.00 bits per heavy atom. The van der Waals surface area contributed by atoms with Gasteiger partial charge in [0.25, 0.3) is 0 Å². The molecule has 0 aromatic heterocycles. The van der Waals surface area contributed by atoms with Crippen LogP contribution in [-0.2, 0) is 9.47 Å². The summed E-state index contributed by atoms with van der Waals surface area (Å²) in [7, 11) is 0. The lowest BCUT2D eigenvalue weighted by Gasteiger charge is -2.18. The van der Waals surface area contributed by atoms with E-state index < -0.39 is 0 Å². The second kappa shape index (κ2) is 4.40. The van der Waals surface area contributed by atoms with Crippen LogP contribution in [-0.4, -0.2) is 37.1 Å². The third-order valence-corrected chi connectivity index (χ3v) is 2.91. The fourth-order valence-electron chi connectivity index (χ4n) is 2.05. The lowest BCUT2D eigenvalue weighted by Crippen LogP contribution is -2.18. The molecule has 3 nitrogen and oxygen atoms in total. The van der Waals surface area contributed by atoms with Gasteiger partial charge in [-0.2, -0.15) is 0 Å². The zero-order valence-corrected chi connectivity index (χ0v) is 7.95. The van der Waals surface area contributed by atoms with E-state index in [1.54, 1.807) is 0 Å². The van der Waals surface area contributed by atoms with Gasteiger partial charge in [0.15, 0.2) is 0 Å². The van der Waals surface area contributed by atoms with Crippen molar-refractivity contribution in [2.24, 2.45) is 5.92 Å². The van der Waals surface area contributed by atoms with Crippen LogP contribution in [0.4, 0.5) is 0 Å². The highest BCUT2D eigenvalue weighted by molar-refractivity contribution is 4.91. The minimum atomic E-state index is 0.235. The summed E-state index contributed by atoms with van der Waals surface area (Å²) in [5, 5.41) is 8.55. The van der Waals surface area contributed by atoms with Gasteiger partial charge in [0, 0.05) is 19.8 Å². The van der Waals surface area contributed by atoms with E-state index in [2.05, 4.69) is 0 Å². The Balaban J connectivity index is 1.54. The summed E-state index contributed by atoms with van der Waals surface area (Å²) < 4.78 is 10.9. The van der Waals surface area contributed by atoms with Gasteiger partial charge in [0.1, 0.15) is 0 Å². The van der Waals surface area contributed by atoms with Crippen LogP contribution in [0.25, 0.3) is 0 Å². The molecule has 1 saturated heterocycles. The first kappa shape index (κ1) is 9.44. The molecule has 3 unspecified atom stereocenters. The Morgan fingerprint density at radius 2 is 2.23 bits per heavy atom. The Labute approximate surface area is 79.0 Å². The van der Waals surface area contributed by atoms with Crippen molar-refractivity contribution >= 4 is 0 Å². The van der Waals surface area contributed by atoms with E-state index in [9.17, 15) is 0 Å². The van der Waals surface area contributed by atoms with E-state index in [1.807, 2.05) is 0 Å². The number of hydrogen-bond acceptors (Lipinski definition) is 3. The van der Waals surface area contributed by atoms with Crippen molar-refractivity contribution < 1.29 is 14.6 Å². The Kier molecular flexibility index (Phi) is 3.19. The fraction of sp³-hybridized carbons (Fsp3) is 1.00. The minimum Gasteiger partial charge on any atom is -0.396 e. The molecule has 0 aromatic carbocycles. The lowest BCUT2D eigenvalue weighted by atomic mass is 9.90. The van der Waals surface area contributed by atoms with Crippen molar-refractivity contribution in [3.8, 4) is 0 Å². The van der Waals surface area contributed by atoms with Crippen LogP contribution < -0.4 is 0 Å². The van der Waals surface area contributed by atoms with Gasteiger partial charge in [0.2, 0.25) is 0 Å². The zero-order chi connectivity index (χ0) is 9.10. The summed E-state index contributed by atoms with van der Waals surface area (Å²) >= 11 is 0. The average Bonchev–Trinajstić information content (AvgIpc) is 2.90. The number of aliphatic hydroxyl groups is 1. The zero-order valence-electron chi connectivity index (χ0n) is 7.95. The van der Waals surface area contributed by atoms with Crippen LogP contribution in [0.1, 0.15) is 25.7 Å². The predicted octanol–water partition coefficient (Wildman–Crippen LogP) is 0.953. The molecule has 76 valence electrons. The third-order valence-electron chi connectivity index (χ3n) is 2.91. The molecule has 1 N–H and O–H groups in total. The number of aliphatic hydroxyl groups excluding tert-OH is 1. The standard InChI is InChI=1S/C10H18O3/c11-4-1-5-12-7-8-2-3-9-10(6-8)13-9/h8-11H,1-7H2. The first-order valence-corrected chi connectivity index (χ1v) is 5.24. The molecule has 1 aliphatic heterocycles. The minimum absolute atomic E-state index is 0.235. The van der Waals surface area contributed by atoms with Crippen molar-refractivity contribution in [3.05, 3.63) is 0 Å². The van der Waals surface area contributed by atoms with Gasteiger partial charge in [-0.1, -0.05) is 0 Å². The maximum Gasteiger partial charge on any atom is 0.0845 e. The molecule has 0 amide bonds. The molecule has 1 heterocycles. The Bertz CT molecular complexity index is 160. The smallest absolute Gasteiger partial charge is 0.0845 e. The van der Waals surface area contributed by atoms with E-state index in [0.29, 0.717) is 24.7 Å². The average molecular weight is 186 g/mol. The fourth-order valence-corrected chi connectivity index (χ4v) is 2.05. The largest absolute Gasteiger partial charge is 0.396 e. The molecular weight excluding hydrogens is 168 g/mol. The molecule has 0 aromatic rings. The van der Waals surface area contributed by atoms with Crippen molar-refractivity contribution in [1.82, 2.24) is 0 Å². The monoisotopic (exact) mass is 186 g/mol. The highest BCUT2D eigenvalue weighted by atomic mass is 16.6. The van der Waals surface area contributed by atoms with Gasteiger partial charge in [-0.05, 0) is 31.6 Å². The number of ether oxygens (including phenoxy) is 2. The summed E-state index contributed by atoms with van der Waals surface area (Å²) in [5.74, 6) is 0.697. The van der Waals surface area contributed by atoms with Gasteiger partial charge in [0.05, 0.1) is 12.2 Å². The molecular formula is C10H18O3. The van der Waals surface area contributed by atoms with Crippen molar-refractivity contribution in [3.63, 3.8) is 0 Å². The van der Waals surface area contributed by atoms with Gasteiger partial charge < -0.3 is 14.6 Å². The molecule has 3 heteroatoms. The van der Waals surface area contributed by atoms with E-state index in [0.717, 1.165) is 13.0 Å². The van der Waals surface area contributed by atoms with E-state index >= 15 is 0 Å². The first-order chi connectivity index (χ1) is 6.40. The lowest BCUT2D eigenvalue weighted by molar-refractivity contribution is 0.0771. The summed E-state index contributed by atoms with van der Waals surface area (Å²) in [4.78, 5) is 0. The number of hydrogen-bond donors (Lipinski definition) is 1. The molecule has 0 bridgehead atoms. The van der Waals surface area contributed by atoms with Crippen molar-refractivity contribution in [2.75, 3.05) is 19.8 Å². The number of rotatable bonds is 5. The molecule has 1 saturated carbocycles. The Hall–Kier alpha value is -0.120. The van der Waals surface area contributed by atoms with E-state index in [-0.39, 0.29) is 6.61 Å². The molecule has 0 radical (unpaired) electrons. The van der Waals surface area contributed by atoms with E-state index in [4.69, 9.17) is 14.6 Å². The molecule has 2 fully saturated rings. The summed E-state index contributed by atoms with van der Waals surface area (Å²) in [6.45, 7) is 1.78. The van der Waals surface area contributed by atoms with Gasteiger partial charge in [-0.15, -0.1) is 0 Å². The summed E-state index contributed by atoms with van der Waals surface area (Å²) in [6, 6.07) is 0. The quantitative estimate of drug-likeness (QED) is 0.513. The van der Waals surface area contributed by atoms with Crippen LogP contribution in [0.15, 0.2) is 0 Å².